The lowest BCUT2D eigenvalue weighted by Crippen LogP contribution is -2.45. The second-order valence-electron chi connectivity index (χ2n) is 5.42. The van der Waals surface area contributed by atoms with Crippen molar-refractivity contribution in [3.05, 3.63) is 65.7 Å². The molecule has 2 aromatic rings. The van der Waals surface area contributed by atoms with Crippen molar-refractivity contribution < 1.29 is 24.2 Å². The minimum atomic E-state index is -1.27. The summed E-state index contributed by atoms with van der Waals surface area (Å²) >= 11 is 1.56. The van der Waals surface area contributed by atoms with Crippen LogP contribution in [0.4, 0.5) is 4.79 Å². The molecule has 2 N–H and O–H groups in total. The molecule has 0 unspecified atom stereocenters. The zero-order chi connectivity index (χ0) is 18.9. The van der Waals surface area contributed by atoms with Crippen molar-refractivity contribution in [2.24, 2.45) is 0 Å². The molecule has 2 rings (SSSR count). The Morgan fingerprint density at radius 1 is 1.12 bits per heavy atom. The van der Waals surface area contributed by atoms with Crippen LogP contribution in [0, 0.1) is 0 Å². The van der Waals surface area contributed by atoms with E-state index in [2.05, 4.69) is 5.32 Å². The molecule has 0 saturated heterocycles. The van der Waals surface area contributed by atoms with Gasteiger partial charge in [-0.05, 0) is 29.5 Å². The van der Waals surface area contributed by atoms with Gasteiger partial charge in [0.05, 0.1) is 7.11 Å². The molecule has 0 aliphatic carbocycles. The van der Waals surface area contributed by atoms with Gasteiger partial charge in [0.1, 0.15) is 12.7 Å². The molecule has 0 aromatic heterocycles. The number of methoxy groups -OCH3 is 1. The number of ether oxygens (including phenoxy) is 2. The second kappa shape index (κ2) is 9.84. The third kappa shape index (κ3) is 5.50. The third-order valence-electron chi connectivity index (χ3n) is 3.71. The molecule has 0 spiro atoms. The van der Waals surface area contributed by atoms with Crippen LogP contribution in [0.1, 0.15) is 17.2 Å². The first-order chi connectivity index (χ1) is 12.5. The Morgan fingerprint density at radius 2 is 1.77 bits per heavy atom. The van der Waals surface area contributed by atoms with Crippen molar-refractivity contribution in [1.82, 2.24) is 5.32 Å². The summed E-state index contributed by atoms with van der Waals surface area (Å²) in [5.74, 6) is -0.761. The molecule has 0 heterocycles. The number of esters is 1. The van der Waals surface area contributed by atoms with Crippen LogP contribution in [-0.2, 0) is 20.9 Å². The number of alkyl carbamates (subject to hydrolysis) is 1. The van der Waals surface area contributed by atoms with E-state index in [-0.39, 0.29) is 6.61 Å². The first-order valence-electron chi connectivity index (χ1n) is 7.92. The number of hydrogen-bond acceptors (Lipinski definition) is 6. The summed E-state index contributed by atoms with van der Waals surface area (Å²) in [7, 11) is 1.19. The van der Waals surface area contributed by atoms with Crippen molar-refractivity contribution in [1.29, 1.82) is 0 Å². The molecule has 0 saturated carbocycles. The summed E-state index contributed by atoms with van der Waals surface area (Å²) in [6, 6.07) is 14.9. The number of aliphatic hydroxyl groups excluding tert-OH is 1. The predicted molar refractivity (Wildman–Crippen MR) is 98.7 cm³/mol. The number of benzene rings is 2. The van der Waals surface area contributed by atoms with Gasteiger partial charge in [-0.1, -0.05) is 42.5 Å². The number of amides is 1. The van der Waals surface area contributed by atoms with Crippen LogP contribution < -0.4 is 5.32 Å². The topological polar surface area (TPSA) is 84.9 Å². The molecule has 7 heteroatoms. The van der Waals surface area contributed by atoms with Gasteiger partial charge >= 0.3 is 12.1 Å². The highest BCUT2D eigenvalue weighted by molar-refractivity contribution is 7.98. The van der Waals surface area contributed by atoms with E-state index in [4.69, 9.17) is 9.47 Å². The van der Waals surface area contributed by atoms with Crippen LogP contribution in [0.25, 0.3) is 0 Å². The van der Waals surface area contributed by atoms with Crippen LogP contribution in [0.5, 0.6) is 0 Å². The van der Waals surface area contributed by atoms with Crippen molar-refractivity contribution in [3.63, 3.8) is 0 Å². The van der Waals surface area contributed by atoms with Gasteiger partial charge in [0, 0.05) is 4.90 Å². The Labute approximate surface area is 156 Å². The summed E-state index contributed by atoms with van der Waals surface area (Å²) in [4.78, 5) is 25.1. The summed E-state index contributed by atoms with van der Waals surface area (Å²) in [6.07, 6.45) is -0.140. The molecule has 6 nitrogen and oxygen atoms in total. The van der Waals surface area contributed by atoms with Gasteiger partial charge in [0.25, 0.3) is 0 Å². The Morgan fingerprint density at radius 3 is 2.35 bits per heavy atom. The molecule has 0 aliphatic rings. The minimum absolute atomic E-state index is 0.0546. The maximum atomic E-state index is 12.0. The van der Waals surface area contributed by atoms with Gasteiger partial charge in [-0.2, -0.15) is 0 Å². The summed E-state index contributed by atoms with van der Waals surface area (Å²) in [6.45, 7) is 0.0546. The fourth-order valence-corrected chi connectivity index (χ4v) is 2.69. The molecule has 0 bridgehead atoms. The smallest absolute Gasteiger partial charge is 0.408 e. The fraction of sp³-hybridized carbons (Fsp3) is 0.263. The van der Waals surface area contributed by atoms with Crippen molar-refractivity contribution in [2.75, 3.05) is 13.4 Å². The Kier molecular flexibility index (Phi) is 7.50. The highest BCUT2D eigenvalue weighted by Gasteiger charge is 2.31. The van der Waals surface area contributed by atoms with Gasteiger partial charge in [-0.25, -0.2) is 9.59 Å². The number of aliphatic hydroxyl groups is 1. The van der Waals surface area contributed by atoms with Crippen molar-refractivity contribution >= 4 is 23.8 Å². The van der Waals surface area contributed by atoms with E-state index < -0.39 is 24.2 Å². The minimum Gasteiger partial charge on any atom is -0.467 e. The monoisotopic (exact) mass is 375 g/mol. The predicted octanol–water partition coefficient (Wildman–Crippen LogP) is 2.91. The van der Waals surface area contributed by atoms with Crippen LogP contribution >= 0.6 is 11.8 Å². The lowest BCUT2D eigenvalue weighted by molar-refractivity contribution is -0.146. The third-order valence-corrected chi connectivity index (χ3v) is 4.46. The highest BCUT2D eigenvalue weighted by Crippen LogP contribution is 2.22. The number of carbonyl (C=O) groups is 2. The van der Waals surface area contributed by atoms with Gasteiger partial charge in [0.15, 0.2) is 6.04 Å². The average Bonchev–Trinajstić information content (AvgIpc) is 2.70. The molecule has 2 aromatic carbocycles. The number of carbonyl (C=O) groups excluding carboxylic acids is 2. The fourth-order valence-electron chi connectivity index (χ4n) is 2.28. The highest BCUT2D eigenvalue weighted by atomic mass is 32.2. The molecule has 2 atom stereocenters. The Bertz CT molecular complexity index is 720. The molecule has 0 aliphatic heterocycles. The lowest BCUT2D eigenvalue weighted by atomic mass is 10.0. The summed E-state index contributed by atoms with van der Waals surface area (Å²) < 4.78 is 9.79. The van der Waals surface area contributed by atoms with Crippen LogP contribution in [0.2, 0.25) is 0 Å². The SMILES string of the molecule is COC(=O)[C@H](NC(=O)OCc1ccccc1)[C@@H](O)c1ccc(SC)cc1. The van der Waals surface area contributed by atoms with E-state index in [0.717, 1.165) is 10.5 Å². The molecular weight excluding hydrogens is 354 g/mol. The normalized spacial score (nSPS) is 12.7. The molecule has 138 valence electrons. The maximum absolute atomic E-state index is 12.0. The molecule has 0 radical (unpaired) electrons. The number of rotatable bonds is 7. The lowest BCUT2D eigenvalue weighted by Gasteiger charge is -2.22. The van der Waals surface area contributed by atoms with Crippen LogP contribution in [0.15, 0.2) is 59.5 Å². The molecular formula is C19H21NO5S. The summed E-state index contributed by atoms with van der Waals surface area (Å²) in [5, 5.41) is 12.9. The molecule has 0 fully saturated rings. The van der Waals surface area contributed by atoms with E-state index in [0.29, 0.717) is 5.56 Å². The van der Waals surface area contributed by atoms with Gasteiger partial charge in [0.2, 0.25) is 0 Å². The largest absolute Gasteiger partial charge is 0.467 e. The first kappa shape index (κ1) is 19.8. The maximum Gasteiger partial charge on any atom is 0.408 e. The molecule has 1 amide bonds. The zero-order valence-corrected chi connectivity index (χ0v) is 15.4. The van der Waals surface area contributed by atoms with Crippen LogP contribution in [-0.4, -0.2) is 36.6 Å². The average molecular weight is 375 g/mol. The van der Waals surface area contributed by atoms with E-state index in [9.17, 15) is 14.7 Å². The Balaban J connectivity index is 2.03. The van der Waals surface area contributed by atoms with Gasteiger partial charge in [-0.15, -0.1) is 11.8 Å². The molecule has 26 heavy (non-hydrogen) atoms. The van der Waals surface area contributed by atoms with Gasteiger partial charge in [-0.3, -0.25) is 0 Å². The Hall–Kier alpha value is -2.51. The second-order valence-corrected chi connectivity index (χ2v) is 6.30. The van der Waals surface area contributed by atoms with Crippen molar-refractivity contribution in [2.45, 2.75) is 23.6 Å². The van der Waals surface area contributed by atoms with Crippen molar-refractivity contribution in [3.8, 4) is 0 Å². The number of thioether (sulfide) groups is 1. The first-order valence-corrected chi connectivity index (χ1v) is 9.14. The number of nitrogens with one attached hydrogen (secondary N) is 1. The van der Waals surface area contributed by atoms with Crippen LogP contribution in [0.3, 0.4) is 0 Å². The quantitative estimate of drug-likeness (QED) is 0.572. The number of hydrogen-bond donors (Lipinski definition) is 2. The van der Waals surface area contributed by atoms with E-state index in [1.165, 1.54) is 7.11 Å². The van der Waals surface area contributed by atoms with E-state index in [1.807, 2.05) is 48.7 Å². The standard InChI is InChI=1S/C19H21NO5S/c1-24-18(22)16(17(21)14-8-10-15(26-2)11-9-14)20-19(23)25-12-13-6-4-3-5-7-13/h3-11,16-17,21H,12H2,1-2H3,(H,20,23)/t16-,17+/m1/s1. The van der Waals surface area contributed by atoms with E-state index >= 15 is 0 Å². The summed E-state index contributed by atoms with van der Waals surface area (Å²) in [5.41, 5.74) is 1.30. The van der Waals surface area contributed by atoms with E-state index in [1.54, 1.807) is 23.9 Å². The zero-order valence-electron chi connectivity index (χ0n) is 14.5. The van der Waals surface area contributed by atoms with Gasteiger partial charge < -0.3 is 19.9 Å².